The lowest BCUT2D eigenvalue weighted by atomic mass is 10.3. The standard InChI is InChI=1S/C10H7N3O2/c11-5-6(9(12)14)10-13-7-3-1-2-4-8(7)15-10/h1-4,13H,(H2,12,14). The van der Waals surface area contributed by atoms with Crippen molar-refractivity contribution in [2.24, 2.45) is 5.73 Å². The minimum absolute atomic E-state index is 0.0891. The maximum atomic E-state index is 10.9. The second kappa shape index (κ2) is 3.35. The van der Waals surface area contributed by atoms with Gasteiger partial charge in [0.2, 0.25) is 5.88 Å². The largest absolute Gasteiger partial charge is 0.437 e. The van der Waals surface area contributed by atoms with E-state index in [1.165, 1.54) is 0 Å². The molecule has 2 rings (SSSR count). The van der Waals surface area contributed by atoms with Gasteiger partial charge in [0.15, 0.2) is 11.3 Å². The number of amides is 1. The van der Waals surface area contributed by atoms with E-state index in [9.17, 15) is 4.79 Å². The smallest absolute Gasteiger partial charge is 0.264 e. The second-order valence-corrected chi connectivity index (χ2v) is 2.90. The van der Waals surface area contributed by atoms with Crippen molar-refractivity contribution in [3.05, 3.63) is 35.7 Å². The lowest BCUT2D eigenvalue weighted by molar-refractivity contribution is -0.114. The fraction of sp³-hybridized carbons (Fsp3) is 0. The van der Waals surface area contributed by atoms with E-state index in [2.05, 4.69) is 5.32 Å². The molecule has 1 aliphatic rings. The maximum Gasteiger partial charge on any atom is 0.264 e. The molecule has 0 atom stereocenters. The molecule has 0 unspecified atom stereocenters. The molecule has 0 aliphatic carbocycles. The van der Waals surface area contributed by atoms with Gasteiger partial charge in [0, 0.05) is 0 Å². The Morgan fingerprint density at radius 3 is 2.80 bits per heavy atom. The summed E-state index contributed by atoms with van der Waals surface area (Å²) in [5, 5.41) is 11.5. The van der Waals surface area contributed by atoms with Crippen LogP contribution in [-0.2, 0) is 4.79 Å². The number of hydrogen-bond acceptors (Lipinski definition) is 4. The van der Waals surface area contributed by atoms with Crippen LogP contribution in [-0.4, -0.2) is 5.91 Å². The van der Waals surface area contributed by atoms with E-state index < -0.39 is 5.91 Å². The summed E-state index contributed by atoms with van der Waals surface area (Å²) >= 11 is 0. The van der Waals surface area contributed by atoms with Crippen LogP contribution in [0, 0.1) is 11.3 Å². The van der Waals surface area contributed by atoms with Gasteiger partial charge in [-0.2, -0.15) is 5.26 Å². The molecule has 3 N–H and O–H groups in total. The quantitative estimate of drug-likeness (QED) is 0.517. The molecule has 0 saturated heterocycles. The number of nitrogens with zero attached hydrogens (tertiary/aromatic N) is 1. The van der Waals surface area contributed by atoms with Gasteiger partial charge in [-0.3, -0.25) is 4.79 Å². The van der Waals surface area contributed by atoms with Crippen LogP contribution in [0.25, 0.3) is 0 Å². The average Bonchev–Trinajstić information content (AvgIpc) is 2.61. The highest BCUT2D eigenvalue weighted by Gasteiger charge is 2.22. The fourth-order valence-corrected chi connectivity index (χ4v) is 1.25. The highest BCUT2D eigenvalue weighted by atomic mass is 16.5. The number of fused-ring (bicyclic) bond motifs is 1. The lowest BCUT2D eigenvalue weighted by Crippen LogP contribution is -2.17. The third kappa shape index (κ3) is 1.48. The molecular weight excluding hydrogens is 194 g/mol. The first kappa shape index (κ1) is 9.09. The highest BCUT2D eigenvalue weighted by molar-refractivity contribution is 5.97. The van der Waals surface area contributed by atoms with E-state index >= 15 is 0 Å². The number of carbonyl (C=O) groups excluding carboxylic acids is 1. The Hall–Kier alpha value is -2.48. The summed E-state index contributed by atoms with van der Waals surface area (Å²) < 4.78 is 5.27. The minimum Gasteiger partial charge on any atom is -0.437 e. The monoisotopic (exact) mass is 201 g/mol. The maximum absolute atomic E-state index is 10.9. The van der Waals surface area contributed by atoms with E-state index in [1.807, 2.05) is 6.07 Å². The van der Waals surface area contributed by atoms with Crippen LogP contribution < -0.4 is 15.8 Å². The SMILES string of the molecule is N#CC(C(N)=O)=C1Nc2ccccc2O1. The summed E-state index contributed by atoms with van der Waals surface area (Å²) in [6, 6.07) is 8.80. The number of benzene rings is 1. The minimum atomic E-state index is -0.812. The Bertz CT molecular complexity index is 473. The number of carbonyl (C=O) groups is 1. The van der Waals surface area contributed by atoms with Crippen LogP contribution in [0.1, 0.15) is 0 Å². The van der Waals surface area contributed by atoms with Crippen LogP contribution >= 0.6 is 0 Å². The molecule has 0 aromatic heterocycles. The summed E-state index contributed by atoms with van der Waals surface area (Å²) in [6.07, 6.45) is 0. The van der Waals surface area contributed by atoms with Gasteiger partial charge < -0.3 is 15.8 Å². The van der Waals surface area contributed by atoms with Gasteiger partial charge in [-0.15, -0.1) is 0 Å². The van der Waals surface area contributed by atoms with Crippen molar-refractivity contribution in [3.63, 3.8) is 0 Å². The van der Waals surface area contributed by atoms with Crippen molar-refractivity contribution in [2.75, 3.05) is 5.32 Å². The van der Waals surface area contributed by atoms with Crippen LogP contribution in [0.3, 0.4) is 0 Å². The van der Waals surface area contributed by atoms with E-state index in [4.69, 9.17) is 15.7 Å². The molecule has 5 heteroatoms. The second-order valence-electron chi connectivity index (χ2n) is 2.90. The Labute approximate surface area is 85.8 Å². The number of primary amides is 1. The Morgan fingerprint density at radius 1 is 1.47 bits per heavy atom. The number of nitriles is 1. The van der Waals surface area contributed by atoms with Crippen LogP contribution in [0.15, 0.2) is 35.7 Å². The molecule has 1 aromatic carbocycles. The first-order valence-corrected chi connectivity index (χ1v) is 4.20. The molecule has 74 valence electrons. The van der Waals surface area contributed by atoms with Gasteiger partial charge in [-0.05, 0) is 12.1 Å². The van der Waals surface area contributed by atoms with Crippen molar-refractivity contribution in [2.45, 2.75) is 0 Å². The Morgan fingerprint density at radius 2 is 2.20 bits per heavy atom. The predicted octanol–water partition coefficient (Wildman–Crippen LogP) is 0.711. The summed E-state index contributed by atoms with van der Waals surface area (Å²) in [7, 11) is 0. The van der Waals surface area contributed by atoms with Crippen molar-refractivity contribution in [3.8, 4) is 11.8 Å². The van der Waals surface area contributed by atoms with Gasteiger partial charge >= 0.3 is 0 Å². The van der Waals surface area contributed by atoms with Gasteiger partial charge in [-0.1, -0.05) is 12.1 Å². The molecule has 15 heavy (non-hydrogen) atoms. The molecule has 0 fully saturated rings. The lowest BCUT2D eigenvalue weighted by Gasteiger charge is -1.99. The normalized spacial score (nSPS) is 15.7. The number of nitrogens with two attached hydrogens (primary N) is 1. The first-order chi connectivity index (χ1) is 7.22. The molecule has 1 aromatic rings. The Balaban J connectivity index is 2.42. The molecule has 5 nitrogen and oxygen atoms in total. The number of anilines is 1. The summed E-state index contributed by atoms with van der Waals surface area (Å²) in [6.45, 7) is 0. The van der Waals surface area contributed by atoms with E-state index in [1.54, 1.807) is 24.3 Å². The zero-order valence-corrected chi connectivity index (χ0v) is 7.65. The third-order valence-electron chi connectivity index (χ3n) is 1.93. The number of hydrogen-bond donors (Lipinski definition) is 2. The third-order valence-corrected chi connectivity index (χ3v) is 1.93. The first-order valence-electron chi connectivity index (χ1n) is 4.20. The zero-order valence-electron chi connectivity index (χ0n) is 7.65. The number of ether oxygens (including phenoxy) is 1. The molecule has 1 heterocycles. The van der Waals surface area contributed by atoms with Crippen molar-refractivity contribution < 1.29 is 9.53 Å². The molecular formula is C10H7N3O2. The molecule has 1 amide bonds. The molecule has 0 spiro atoms. The van der Waals surface area contributed by atoms with Crippen molar-refractivity contribution in [1.29, 1.82) is 5.26 Å². The van der Waals surface area contributed by atoms with Gasteiger partial charge in [0.25, 0.3) is 5.91 Å². The van der Waals surface area contributed by atoms with Crippen molar-refractivity contribution >= 4 is 11.6 Å². The Kier molecular flexibility index (Phi) is 2.03. The van der Waals surface area contributed by atoms with E-state index in [-0.39, 0.29) is 11.5 Å². The topological polar surface area (TPSA) is 88.1 Å². The summed E-state index contributed by atoms with van der Waals surface area (Å²) in [5.74, 6) is -0.152. The van der Waals surface area contributed by atoms with Crippen molar-refractivity contribution in [1.82, 2.24) is 0 Å². The summed E-state index contributed by atoms with van der Waals surface area (Å²) in [4.78, 5) is 10.9. The molecule has 0 radical (unpaired) electrons. The molecule has 1 aliphatic heterocycles. The van der Waals surface area contributed by atoms with Crippen LogP contribution in [0.5, 0.6) is 5.75 Å². The number of nitrogens with one attached hydrogen (secondary N) is 1. The zero-order chi connectivity index (χ0) is 10.8. The average molecular weight is 201 g/mol. The van der Waals surface area contributed by atoms with E-state index in [0.29, 0.717) is 11.4 Å². The fourth-order valence-electron chi connectivity index (χ4n) is 1.25. The summed E-state index contributed by atoms with van der Waals surface area (Å²) in [5.41, 5.74) is 5.52. The van der Waals surface area contributed by atoms with E-state index in [0.717, 1.165) is 0 Å². The van der Waals surface area contributed by atoms with Gasteiger partial charge in [-0.25, -0.2) is 0 Å². The van der Waals surface area contributed by atoms with Gasteiger partial charge in [0.1, 0.15) is 6.07 Å². The van der Waals surface area contributed by atoms with Crippen LogP contribution in [0.4, 0.5) is 5.69 Å². The van der Waals surface area contributed by atoms with Crippen LogP contribution in [0.2, 0.25) is 0 Å². The predicted molar refractivity (Wildman–Crippen MR) is 52.5 cm³/mol. The molecule has 0 bridgehead atoms. The number of rotatable bonds is 1. The highest BCUT2D eigenvalue weighted by Crippen LogP contribution is 2.33. The van der Waals surface area contributed by atoms with Gasteiger partial charge in [0.05, 0.1) is 5.69 Å². The number of para-hydroxylation sites is 2. The molecule has 0 saturated carbocycles.